The third-order valence-electron chi connectivity index (χ3n) is 5.71. The van der Waals surface area contributed by atoms with Crippen LogP contribution < -0.4 is 10.2 Å². The Hall–Kier alpha value is -4.28. The van der Waals surface area contributed by atoms with Crippen molar-refractivity contribution >= 4 is 29.2 Å². The summed E-state index contributed by atoms with van der Waals surface area (Å²) < 4.78 is 7.09. The molecule has 0 radical (unpaired) electrons. The van der Waals surface area contributed by atoms with Gasteiger partial charge in [-0.25, -0.2) is 4.98 Å². The van der Waals surface area contributed by atoms with E-state index in [9.17, 15) is 9.59 Å². The van der Waals surface area contributed by atoms with E-state index in [1.165, 1.54) is 4.90 Å². The zero-order valence-corrected chi connectivity index (χ0v) is 18.2. The third-order valence-corrected chi connectivity index (χ3v) is 5.71. The highest BCUT2D eigenvalue weighted by Crippen LogP contribution is 2.25. The Kier molecular flexibility index (Phi) is 5.21. The number of rotatable bonds is 3. The van der Waals surface area contributed by atoms with Crippen LogP contribution in [0.3, 0.4) is 0 Å². The van der Waals surface area contributed by atoms with Gasteiger partial charge in [0.25, 0.3) is 0 Å². The number of hydrogen-bond donors (Lipinski definition) is 1. The van der Waals surface area contributed by atoms with Crippen LogP contribution >= 0.6 is 0 Å². The molecule has 4 heterocycles. The smallest absolute Gasteiger partial charge is 0.316 e. The van der Waals surface area contributed by atoms with Gasteiger partial charge in [-0.05, 0) is 19.4 Å². The lowest BCUT2D eigenvalue weighted by Crippen LogP contribution is -2.51. The van der Waals surface area contributed by atoms with Crippen molar-refractivity contribution in [1.82, 2.24) is 29.6 Å². The number of anilines is 2. The van der Waals surface area contributed by atoms with E-state index in [1.54, 1.807) is 12.3 Å². The average Bonchev–Trinajstić information content (AvgIpc) is 3.46. The molecule has 0 unspecified atom stereocenters. The fourth-order valence-corrected chi connectivity index (χ4v) is 3.90. The summed E-state index contributed by atoms with van der Waals surface area (Å²) in [5, 5.41) is 14.8. The number of hydrogen-bond acceptors (Lipinski definition) is 8. The van der Waals surface area contributed by atoms with E-state index in [2.05, 4.69) is 25.7 Å². The zero-order valence-electron chi connectivity index (χ0n) is 18.2. The van der Waals surface area contributed by atoms with Crippen LogP contribution in [0.15, 0.2) is 47.2 Å². The quantitative estimate of drug-likeness (QED) is 0.472. The fourth-order valence-electron chi connectivity index (χ4n) is 3.90. The van der Waals surface area contributed by atoms with Gasteiger partial charge in [0, 0.05) is 50.2 Å². The maximum absolute atomic E-state index is 12.7. The molecule has 11 heteroatoms. The number of benzene rings is 1. The summed E-state index contributed by atoms with van der Waals surface area (Å²) in [4.78, 5) is 33.2. The number of nitrogens with zero attached hydrogens (tertiary/aromatic N) is 7. The van der Waals surface area contributed by atoms with Gasteiger partial charge >= 0.3 is 11.8 Å². The normalized spacial score (nSPS) is 14.0. The monoisotopic (exact) mass is 446 g/mol. The van der Waals surface area contributed by atoms with Crippen LogP contribution in [0, 0.1) is 13.8 Å². The van der Waals surface area contributed by atoms with Crippen LogP contribution in [0.4, 0.5) is 11.7 Å². The van der Waals surface area contributed by atoms with Crippen LogP contribution in [0.1, 0.15) is 11.4 Å². The molecule has 1 aliphatic heterocycles. The summed E-state index contributed by atoms with van der Waals surface area (Å²) in [6, 6.07) is 9.33. The first-order valence-electron chi connectivity index (χ1n) is 10.6. The van der Waals surface area contributed by atoms with Gasteiger partial charge < -0.3 is 14.3 Å². The highest BCUT2D eigenvalue weighted by molar-refractivity contribution is 6.39. The maximum Gasteiger partial charge on any atom is 0.316 e. The first kappa shape index (κ1) is 20.6. The van der Waals surface area contributed by atoms with Crippen LogP contribution in [0.5, 0.6) is 0 Å². The van der Waals surface area contributed by atoms with Gasteiger partial charge in [0.1, 0.15) is 11.5 Å². The average molecular weight is 446 g/mol. The molecule has 4 aromatic rings. The first-order valence-corrected chi connectivity index (χ1v) is 10.6. The maximum atomic E-state index is 12.7. The standard InChI is InChI=1S/C22H22N8O3/c1-14-5-3-4-6-16(14)17-13-18(33-27-17)24-21(31)22(32)29-11-9-28(10-12-29)19-20-26-25-15(2)30(20)8-7-23-19/h3-8,13H,9-12H2,1-2H3,(H,24,31). The fraction of sp³-hybridized carbons (Fsp3) is 0.273. The van der Waals surface area contributed by atoms with Crippen LogP contribution in [-0.4, -0.2) is 67.6 Å². The van der Waals surface area contributed by atoms with Crippen molar-refractivity contribution < 1.29 is 14.1 Å². The van der Waals surface area contributed by atoms with Gasteiger partial charge in [-0.3, -0.25) is 19.3 Å². The minimum absolute atomic E-state index is 0.128. The lowest BCUT2D eigenvalue weighted by Gasteiger charge is -2.34. The van der Waals surface area contributed by atoms with E-state index in [0.29, 0.717) is 43.3 Å². The summed E-state index contributed by atoms with van der Waals surface area (Å²) in [7, 11) is 0. The van der Waals surface area contributed by atoms with Gasteiger partial charge in [-0.15, -0.1) is 10.2 Å². The molecule has 3 aromatic heterocycles. The molecule has 2 amide bonds. The van der Waals surface area contributed by atoms with Crippen molar-refractivity contribution in [3.8, 4) is 11.3 Å². The molecule has 0 bridgehead atoms. The topological polar surface area (TPSA) is 122 Å². The predicted molar refractivity (Wildman–Crippen MR) is 120 cm³/mol. The Labute approximate surface area is 189 Å². The van der Waals surface area contributed by atoms with Crippen LogP contribution in [0.2, 0.25) is 0 Å². The molecule has 33 heavy (non-hydrogen) atoms. The molecule has 1 saturated heterocycles. The van der Waals surface area contributed by atoms with Crippen LogP contribution in [-0.2, 0) is 9.59 Å². The molecule has 1 aliphatic rings. The van der Waals surface area contributed by atoms with Crippen LogP contribution in [0.25, 0.3) is 16.9 Å². The SMILES string of the molecule is Cc1ccccc1-c1cc(NC(=O)C(=O)N2CCN(c3nccn4c(C)nnc34)CC2)on1. The molecule has 1 aromatic carbocycles. The molecule has 0 saturated carbocycles. The second-order valence-electron chi connectivity index (χ2n) is 7.82. The molecule has 1 N–H and O–H groups in total. The Balaban J connectivity index is 1.21. The van der Waals surface area contributed by atoms with Gasteiger partial charge in [-0.2, -0.15) is 0 Å². The van der Waals surface area contributed by atoms with Gasteiger partial charge in [0.15, 0.2) is 5.82 Å². The first-order chi connectivity index (χ1) is 16.0. The number of aryl methyl sites for hydroxylation is 2. The summed E-state index contributed by atoms with van der Waals surface area (Å²) in [5.41, 5.74) is 3.19. The van der Waals surface area contributed by atoms with Crippen molar-refractivity contribution in [2.45, 2.75) is 13.8 Å². The van der Waals surface area contributed by atoms with Crippen molar-refractivity contribution in [3.63, 3.8) is 0 Å². The molecule has 1 fully saturated rings. The van der Waals surface area contributed by atoms with E-state index in [0.717, 1.165) is 17.0 Å². The van der Waals surface area contributed by atoms with E-state index in [1.807, 2.05) is 53.6 Å². The molecular formula is C22H22N8O3. The zero-order chi connectivity index (χ0) is 22.9. The van der Waals surface area contributed by atoms with Crippen molar-refractivity contribution in [2.24, 2.45) is 0 Å². The number of carbonyl (C=O) groups excluding carboxylic acids is 2. The van der Waals surface area contributed by atoms with E-state index < -0.39 is 11.8 Å². The minimum Gasteiger partial charge on any atom is -0.350 e. The lowest BCUT2D eigenvalue weighted by molar-refractivity contribution is -0.143. The number of piperazine rings is 1. The molecule has 0 spiro atoms. The Morgan fingerprint density at radius 1 is 1.06 bits per heavy atom. The van der Waals surface area contributed by atoms with E-state index in [-0.39, 0.29) is 5.88 Å². The minimum atomic E-state index is -0.760. The van der Waals surface area contributed by atoms with Gasteiger partial charge in [0.2, 0.25) is 11.5 Å². The highest BCUT2D eigenvalue weighted by atomic mass is 16.5. The lowest BCUT2D eigenvalue weighted by atomic mass is 10.1. The Bertz CT molecular complexity index is 1340. The summed E-state index contributed by atoms with van der Waals surface area (Å²) in [5.74, 6) is 0.234. The number of amides is 2. The summed E-state index contributed by atoms with van der Waals surface area (Å²) in [6.45, 7) is 5.65. The van der Waals surface area contributed by atoms with E-state index in [4.69, 9.17) is 4.52 Å². The second kappa shape index (κ2) is 8.34. The molecule has 0 aliphatic carbocycles. The number of aromatic nitrogens is 5. The Morgan fingerprint density at radius 3 is 2.64 bits per heavy atom. The molecule has 11 nitrogen and oxygen atoms in total. The van der Waals surface area contributed by atoms with Crippen molar-refractivity contribution in [3.05, 3.63) is 54.1 Å². The molecule has 5 rings (SSSR count). The molecule has 0 atom stereocenters. The van der Waals surface area contributed by atoms with Gasteiger partial charge in [-0.1, -0.05) is 29.4 Å². The predicted octanol–water partition coefficient (Wildman–Crippen LogP) is 1.68. The largest absolute Gasteiger partial charge is 0.350 e. The van der Waals surface area contributed by atoms with Gasteiger partial charge in [0.05, 0.1) is 0 Å². The summed E-state index contributed by atoms with van der Waals surface area (Å²) >= 11 is 0. The number of carbonyl (C=O) groups is 2. The highest BCUT2D eigenvalue weighted by Gasteiger charge is 2.28. The van der Waals surface area contributed by atoms with Crippen molar-refractivity contribution in [2.75, 3.05) is 36.4 Å². The van der Waals surface area contributed by atoms with Crippen molar-refractivity contribution in [1.29, 1.82) is 0 Å². The number of nitrogens with one attached hydrogen (secondary N) is 1. The second-order valence-corrected chi connectivity index (χ2v) is 7.82. The van der Waals surface area contributed by atoms with E-state index >= 15 is 0 Å². The molecule has 168 valence electrons. The molecular weight excluding hydrogens is 424 g/mol. The summed E-state index contributed by atoms with van der Waals surface area (Å²) in [6.07, 6.45) is 3.51. The Morgan fingerprint density at radius 2 is 1.85 bits per heavy atom. The number of fused-ring (bicyclic) bond motifs is 1. The third kappa shape index (κ3) is 3.88.